The van der Waals surface area contributed by atoms with Gasteiger partial charge in [-0.05, 0) is 43.7 Å². The van der Waals surface area contributed by atoms with E-state index in [2.05, 4.69) is 5.32 Å². The zero-order valence-corrected chi connectivity index (χ0v) is 11.3. The van der Waals surface area contributed by atoms with Crippen LogP contribution < -0.4 is 5.32 Å². The Morgan fingerprint density at radius 1 is 0.850 bits per heavy atom. The van der Waals surface area contributed by atoms with Gasteiger partial charge in [-0.1, -0.05) is 18.2 Å². The Balaban J connectivity index is 2.17. The van der Waals surface area contributed by atoms with E-state index in [1.165, 1.54) is 30.3 Å². The number of hydrogen-bond acceptors (Lipinski definition) is 1. The predicted octanol–water partition coefficient (Wildman–Crippen LogP) is 4.52. The highest BCUT2D eigenvalue weighted by molar-refractivity contribution is 5.24. The lowest BCUT2D eigenvalue weighted by molar-refractivity contribution is 0.448. The normalized spacial score (nSPS) is 14.1. The van der Waals surface area contributed by atoms with Gasteiger partial charge in [0.05, 0.1) is 0 Å². The molecule has 0 fully saturated rings. The van der Waals surface area contributed by atoms with Crippen molar-refractivity contribution in [1.82, 2.24) is 5.32 Å². The molecule has 0 aliphatic carbocycles. The summed E-state index contributed by atoms with van der Waals surface area (Å²) in [6.45, 7) is 3.50. The van der Waals surface area contributed by atoms with Crippen molar-refractivity contribution in [3.8, 4) is 0 Å². The molecule has 0 saturated carbocycles. The standard InChI is InChI=1S/C16H16F3N/c1-10(12-5-3-6-13(17)9-12)20-11(2)16-14(18)7-4-8-15(16)19/h3-11,20H,1-2H3/t10-,11?/m0/s1. The van der Waals surface area contributed by atoms with Crippen LogP contribution in [0.3, 0.4) is 0 Å². The maximum atomic E-state index is 13.7. The summed E-state index contributed by atoms with van der Waals surface area (Å²) in [7, 11) is 0. The first-order valence-corrected chi connectivity index (χ1v) is 6.44. The highest BCUT2D eigenvalue weighted by atomic mass is 19.1. The van der Waals surface area contributed by atoms with E-state index >= 15 is 0 Å². The molecule has 1 N–H and O–H groups in total. The second-order valence-corrected chi connectivity index (χ2v) is 4.80. The number of rotatable bonds is 4. The summed E-state index contributed by atoms with van der Waals surface area (Å²) < 4.78 is 40.5. The molecular weight excluding hydrogens is 263 g/mol. The molecule has 2 atom stereocenters. The number of halogens is 3. The Morgan fingerprint density at radius 3 is 2.05 bits per heavy atom. The van der Waals surface area contributed by atoms with Gasteiger partial charge in [-0.3, -0.25) is 0 Å². The first kappa shape index (κ1) is 14.6. The van der Waals surface area contributed by atoms with Crippen molar-refractivity contribution in [2.75, 3.05) is 0 Å². The van der Waals surface area contributed by atoms with E-state index in [0.717, 1.165) is 5.56 Å². The van der Waals surface area contributed by atoms with Crippen molar-refractivity contribution in [1.29, 1.82) is 0 Å². The van der Waals surface area contributed by atoms with Crippen LogP contribution in [-0.2, 0) is 0 Å². The van der Waals surface area contributed by atoms with Crippen LogP contribution >= 0.6 is 0 Å². The van der Waals surface area contributed by atoms with Crippen molar-refractivity contribution >= 4 is 0 Å². The lowest BCUT2D eigenvalue weighted by atomic mass is 10.0. The molecule has 0 radical (unpaired) electrons. The third kappa shape index (κ3) is 3.20. The maximum Gasteiger partial charge on any atom is 0.130 e. The average Bonchev–Trinajstić information content (AvgIpc) is 2.38. The minimum Gasteiger partial charge on any atom is -0.303 e. The SMILES string of the molecule is CC(N[C@@H](C)c1cccc(F)c1)c1c(F)cccc1F. The summed E-state index contributed by atoms with van der Waals surface area (Å²) in [5.41, 5.74) is 0.726. The fourth-order valence-corrected chi connectivity index (χ4v) is 2.25. The molecule has 4 heteroatoms. The predicted molar refractivity (Wildman–Crippen MR) is 72.7 cm³/mol. The van der Waals surface area contributed by atoms with Gasteiger partial charge in [0.1, 0.15) is 17.5 Å². The Hall–Kier alpha value is -1.81. The molecular formula is C16H16F3N. The number of nitrogens with one attached hydrogen (secondary N) is 1. The second-order valence-electron chi connectivity index (χ2n) is 4.80. The van der Waals surface area contributed by atoms with Crippen LogP contribution in [0, 0.1) is 17.5 Å². The quantitative estimate of drug-likeness (QED) is 0.868. The molecule has 0 heterocycles. The van der Waals surface area contributed by atoms with E-state index in [-0.39, 0.29) is 17.4 Å². The van der Waals surface area contributed by atoms with Crippen molar-refractivity contribution in [2.24, 2.45) is 0 Å². The lowest BCUT2D eigenvalue weighted by Crippen LogP contribution is -2.24. The molecule has 1 nitrogen and oxygen atoms in total. The van der Waals surface area contributed by atoms with Crippen molar-refractivity contribution in [3.63, 3.8) is 0 Å². The highest BCUT2D eigenvalue weighted by Crippen LogP contribution is 2.24. The van der Waals surface area contributed by atoms with Crippen molar-refractivity contribution in [2.45, 2.75) is 25.9 Å². The summed E-state index contributed by atoms with van der Waals surface area (Å²) in [6, 6.07) is 9.18. The largest absolute Gasteiger partial charge is 0.303 e. The molecule has 0 saturated heterocycles. The fraction of sp³-hybridized carbons (Fsp3) is 0.250. The smallest absolute Gasteiger partial charge is 0.130 e. The Labute approximate surface area is 116 Å². The minimum atomic E-state index is -0.587. The van der Waals surface area contributed by atoms with Gasteiger partial charge in [0, 0.05) is 17.6 Å². The maximum absolute atomic E-state index is 13.7. The monoisotopic (exact) mass is 279 g/mol. The first-order valence-electron chi connectivity index (χ1n) is 6.44. The third-order valence-corrected chi connectivity index (χ3v) is 3.28. The van der Waals surface area contributed by atoms with Gasteiger partial charge < -0.3 is 5.32 Å². The Kier molecular flexibility index (Phi) is 4.45. The number of benzene rings is 2. The van der Waals surface area contributed by atoms with Crippen LogP contribution in [0.15, 0.2) is 42.5 Å². The zero-order valence-electron chi connectivity index (χ0n) is 11.3. The Bertz CT molecular complexity index is 578. The molecule has 0 aromatic heterocycles. The highest BCUT2D eigenvalue weighted by Gasteiger charge is 2.18. The zero-order chi connectivity index (χ0) is 14.7. The average molecular weight is 279 g/mol. The van der Waals surface area contributed by atoms with Gasteiger partial charge in [-0.15, -0.1) is 0 Å². The summed E-state index contributed by atoms with van der Waals surface area (Å²) in [5, 5.41) is 3.07. The van der Waals surface area contributed by atoms with E-state index in [9.17, 15) is 13.2 Å². The van der Waals surface area contributed by atoms with E-state index in [0.29, 0.717) is 0 Å². The minimum absolute atomic E-state index is 0.00393. The van der Waals surface area contributed by atoms with Crippen LogP contribution in [-0.4, -0.2) is 0 Å². The van der Waals surface area contributed by atoms with E-state index in [1.807, 2.05) is 6.92 Å². The topological polar surface area (TPSA) is 12.0 Å². The van der Waals surface area contributed by atoms with Gasteiger partial charge in [0.25, 0.3) is 0 Å². The molecule has 2 aromatic rings. The van der Waals surface area contributed by atoms with Gasteiger partial charge in [0.15, 0.2) is 0 Å². The van der Waals surface area contributed by atoms with E-state index < -0.39 is 17.7 Å². The second kappa shape index (κ2) is 6.09. The van der Waals surface area contributed by atoms with Gasteiger partial charge in [-0.2, -0.15) is 0 Å². The van der Waals surface area contributed by atoms with Crippen LogP contribution in [0.5, 0.6) is 0 Å². The summed E-state index contributed by atoms with van der Waals surface area (Å²) >= 11 is 0. The van der Waals surface area contributed by atoms with Crippen LogP contribution in [0.25, 0.3) is 0 Å². The first-order chi connectivity index (χ1) is 9.49. The molecule has 0 bridgehead atoms. The van der Waals surface area contributed by atoms with Gasteiger partial charge in [-0.25, -0.2) is 13.2 Å². The summed E-state index contributed by atoms with van der Waals surface area (Å²) in [6.07, 6.45) is 0. The molecule has 0 amide bonds. The number of hydrogen-bond donors (Lipinski definition) is 1. The van der Waals surface area contributed by atoms with Crippen molar-refractivity contribution < 1.29 is 13.2 Å². The molecule has 0 aliphatic heterocycles. The van der Waals surface area contributed by atoms with E-state index in [1.54, 1.807) is 19.1 Å². The van der Waals surface area contributed by atoms with Crippen LogP contribution in [0.1, 0.15) is 37.1 Å². The summed E-state index contributed by atoms with van der Waals surface area (Å²) in [4.78, 5) is 0. The van der Waals surface area contributed by atoms with Crippen LogP contribution in [0.4, 0.5) is 13.2 Å². The molecule has 2 aromatic carbocycles. The molecule has 0 spiro atoms. The lowest BCUT2D eigenvalue weighted by Gasteiger charge is -2.21. The van der Waals surface area contributed by atoms with Gasteiger partial charge >= 0.3 is 0 Å². The molecule has 0 aliphatic rings. The summed E-state index contributed by atoms with van der Waals surface area (Å²) in [5.74, 6) is -1.51. The van der Waals surface area contributed by atoms with E-state index in [4.69, 9.17) is 0 Å². The fourth-order valence-electron chi connectivity index (χ4n) is 2.25. The molecule has 2 rings (SSSR count). The molecule has 1 unspecified atom stereocenters. The van der Waals surface area contributed by atoms with Gasteiger partial charge in [0.2, 0.25) is 0 Å². The molecule has 106 valence electrons. The Morgan fingerprint density at radius 2 is 1.45 bits per heavy atom. The third-order valence-electron chi connectivity index (χ3n) is 3.28. The van der Waals surface area contributed by atoms with Crippen molar-refractivity contribution in [3.05, 3.63) is 71.0 Å². The van der Waals surface area contributed by atoms with Crippen LogP contribution in [0.2, 0.25) is 0 Å². The molecule has 20 heavy (non-hydrogen) atoms.